The summed E-state index contributed by atoms with van der Waals surface area (Å²) in [5.41, 5.74) is 0. The van der Waals surface area contributed by atoms with Gasteiger partial charge in [-0.3, -0.25) is 14.4 Å². The van der Waals surface area contributed by atoms with Crippen LogP contribution in [-0.4, -0.2) is 37.2 Å². The number of carbonyl (C=O) groups excluding carboxylic acids is 3. The summed E-state index contributed by atoms with van der Waals surface area (Å²) in [5, 5.41) is 0. The first kappa shape index (κ1) is 68.1. The van der Waals surface area contributed by atoms with E-state index in [0.717, 1.165) is 109 Å². The second-order valence-electron chi connectivity index (χ2n) is 20.6. The molecule has 0 bridgehead atoms. The van der Waals surface area contributed by atoms with Gasteiger partial charge in [0.1, 0.15) is 13.2 Å². The highest BCUT2D eigenvalue weighted by molar-refractivity contribution is 5.71. The molecule has 0 amide bonds. The molecule has 0 N–H and O–H groups in total. The van der Waals surface area contributed by atoms with Gasteiger partial charge in [-0.25, -0.2) is 0 Å². The fourth-order valence-electron chi connectivity index (χ4n) is 8.84. The number of ether oxygens (including phenoxy) is 3. The second-order valence-corrected chi connectivity index (χ2v) is 20.6. The smallest absolute Gasteiger partial charge is 0.306 e. The van der Waals surface area contributed by atoms with Crippen LogP contribution >= 0.6 is 0 Å². The Balaban J connectivity index is 4.34. The molecule has 1 unspecified atom stereocenters. The third-order valence-corrected chi connectivity index (χ3v) is 13.5. The number of allylic oxidation sites excluding steroid dienone is 10. The summed E-state index contributed by atoms with van der Waals surface area (Å²) in [6, 6.07) is 0. The lowest BCUT2D eigenvalue weighted by Gasteiger charge is -2.18. The van der Waals surface area contributed by atoms with Crippen molar-refractivity contribution in [1.82, 2.24) is 0 Å². The number of hydrogen-bond donors (Lipinski definition) is 0. The largest absolute Gasteiger partial charge is 0.462 e. The Morgan fingerprint density at radius 1 is 0.282 bits per heavy atom. The number of unbranched alkanes of at least 4 members (excludes halogenated alkanes) is 35. The molecule has 0 aromatic heterocycles. The maximum atomic E-state index is 12.9. The SMILES string of the molecule is CCC/C=C\C/C=C\CCCCCCCC(=O)OCC(COC(=O)CCCCCCCCCCCCCCCCCCCCCCC)OC(=O)CCCCCCCC/C=C\C/C=C\C/C=C\CCCCC. The van der Waals surface area contributed by atoms with Crippen LogP contribution in [0.3, 0.4) is 0 Å². The molecule has 0 aromatic rings. The first-order valence-corrected chi connectivity index (χ1v) is 30.8. The zero-order valence-electron chi connectivity index (χ0n) is 47.2. The molecule has 6 heteroatoms. The molecule has 0 aliphatic rings. The molecular formula is C65H116O6. The van der Waals surface area contributed by atoms with Crippen molar-refractivity contribution in [3.8, 4) is 0 Å². The quantitative estimate of drug-likeness (QED) is 0.0261. The van der Waals surface area contributed by atoms with Gasteiger partial charge in [-0.05, 0) is 83.5 Å². The normalized spacial score (nSPS) is 12.4. The molecule has 0 saturated carbocycles. The van der Waals surface area contributed by atoms with E-state index in [1.165, 1.54) is 167 Å². The van der Waals surface area contributed by atoms with Gasteiger partial charge in [0, 0.05) is 19.3 Å². The van der Waals surface area contributed by atoms with Gasteiger partial charge in [-0.15, -0.1) is 0 Å². The van der Waals surface area contributed by atoms with Crippen molar-refractivity contribution in [2.24, 2.45) is 0 Å². The van der Waals surface area contributed by atoms with Crippen LogP contribution in [0.1, 0.15) is 316 Å². The van der Waals surface area contributed by atoms with Crippen LogP contribution < -0.4 is 0 Å². The van der Waals surface area contributed by atoms with E-state index in [0.29, 0.717) is 19.3 Å². The van der Waals surface area contributed by atoms with Crippen LogP contribution in [0.4, 0.5) is 0 Å². The van der Waals surface area contributed by atoms with Crippen LogP contribution in [0.25, 0.3) is 0 Å². The highest BCUT2D eigenvalue weighted by Crippen LogP contribution is 2.17. The highest BCUT2D eigenvalue weighted by atomic mass is 16.6. The topological polar surface area (TPSA) is 78.9 Å². The summed E-state index contributed by atoms with van der Waals surface area (Å²) in [5.74, 6) is -0.894. The van der Waals surface area contributed by atoms with Gasteiger partial charge in [-0.1, -0.05) is 274 Å². The molecule has 1 atom stereocenters. The van der Waals surface area contributed by atoms with Crippen LogP contribution in [0.15, 0.2) is 60.8 Å². The Hall–Kier alpha value is -2.89. The minimum absolute atomic E-state index is 0.0815. The van der Waals surface area contributed by atoms with Gasteiger partial charge < -0.3 is 14.2 Å². The van der Waals surface area contributed by atoms with Crippen molar-refractivity contribution >= 4 is 17.9 Å². The van der Waals surface area contributed by atoms with Gasteiger partial charge in [-0.2, -0.15) is 0 Å². The van der Waals surface area contributed by atoms with Crippen LogP contribution in [0, 0.1) is 0 Å². The molecule has 0 aromatic carbocycles. The summed E-state index contributed by atoms with van der Waals surface area (Å²) in [6.45, 7) is 6.57. The fourth-order valence-corrected chi connectivity index (χ4v) is 8.84. The molecule has 0 rings (SSSR count). The second kappa shape index (κ2) is 59.7. The molecule has 0 fully saturated rings. The predicted molar refractivity (Wildman–Crippen MR) is 307 cm³/mol. The molecule has 0 heterocycles. The number of carbonyl (C=O) groups is 3. The van der Waals surface area contributed by atoms with Crippen LogP contribution in [0.2, 0.25) is 0 Å². The molecule has 0 saturated heterocycles. The van der Waals surface area contributed by atoms with Crippen molar-refractivity contribution in [3.63, 3.8) is 0 Å². The molecule has 0 spiro atoms. The van der Waals surface area contributed by atoms with Gasteiger partial charge in [0.25, 0.3) is 0 Å². The Labute approximate surface area is 440 Å². The van der Waals surface area contributed by atoms with E-state index in [1.54, 1.807) is 0 Å². The Morgan fingerprint density at radius 3 is 0.873 bits per heavy atom. The van der Waals surface area contributed by atoms with E-state index in [4.69, 9.17) is 14.2 Å². The van der Waals surface area contributed by atoms with Crippen molar-refractivity contribution in [3.05, 3.63) is 60.8 Å². The maximum absolute atomic E-state index is 12.9. The van der Waals surface area contributed by atoms with Crippen molar-refractivity contribution < 1.29 is 28.6 Å². The zero-order chi connectivity index (χ0) is 51.4. The number of hydrogen-bond acceptors (Lipinski definition) is 6. The lowest BCUT2D eigenvalue weighted by Crippen LogP contribution is -2.30. The minimum Gasteiger partial charge on any atom is -0.462 e. The average molecular weight is 994 g/mol. The lowest BCUT2D eigenvalue weighted by atomic mass is 10.0. The monoisotopic (exact) mass is 993 g/mol. The molecule has 6 nitrogen and oxygen atoms in total. The molecule has 412 valence electrons. The van der Waals surface area contributed by atoms with E-state index in [1.807, 2.05) is 0 Å². The van der Waals surface area contributed by atoms with Gasteiger partial charge in [0.05, 0.1) is 0 Å². The van der Waals surface area contributed by atoms with Gasteiger partial charge in [0.15, 0.2) is 6.10 Å². The fraction of sp³-hybridized carbons (Fsp3) is 0.800. The number of esters is 3. The molecule has 0 aliphatic carbocycles. The summed E-state index contributed by atoms with van der Waals surface area (Å²) in [6.07, 6.45) is 75.0. The first-order valence-electron chi connectivity index (χ1n) is 30.8. The average Bonchev–Trinajstić information content (AvgIpc) is 3.37. The highest BCUT2D eigenvalue weighted by Gasteiger charge is 2.19. The minimum atomic E-state index is -0.786. The van der Waals surface area contributed by atoms with E-state index >= 15 is 0 Å². The molecule has 0 aliphatic heterocycles. The Bertz CT molecular complexity index is 1280. The summed E-state index contributed by atoms with van der Waals surface area (Å²) in [4.78, 5) is 38.2. The van der Waals surface area contributed by atoms with E-state index in [9.17, 15) is 14.4 Å². The Kier molecular flexibility index (Phi) is 57.2. The zero-order valence-corrected chi connectivity index (χ0v) is 47.2. The lowest BCUT2D eigenvalue weighted by molar-refractivity contribution is -0.167. The van der Waals surface area contributed by atoms with Crippen LogP contribution in [0.5, 0.6) is 0 Å². The van der Waals surface area contributed by atoms with Crippen molar-refractivity contribution in [2.45, 2.75) is 322 Å². The van der Waals surface area contributed by atoms with Gasteiger partial charge in [0.2, 0.25) is 0 Å². The molecule has 0 radical (unpaired) electrons. The molecular weight excluding hydrogens is 877 g/mol. The number of rotatable bonds is 56. The Morgan fingerprint density at radius 2 is 0.535 bits per heavy atom. The third kappa shape index (κ3) is 57.9. The van der Waals surface area contributed by atoms with Crippen molar-refractivity contribution in [2.75, 3.05) is 13.2 Å². The molecule has 71 heavy (non-hydrogen) atoms. The third-order valence-electron chi connectivity index (χ3n) is 13.5. The van der Waals surface area contributed by atoms with Crippen LogP contribution in [-0.2, 0) is 28.6 Å². The van der Waals surface area contributed by atoms with E-state index in [-0.39, 0.29) is 31.1 Å². The standard InChI is InChI=1S/C65H116O6/c1-4-7-10-13-16-19-22-25-27-29-31-32-34-35-37-40-43-46-49-52-55-58-64(67)70-61-62(60-69-63(66)57-54-51-48-45-42-39-24-21-18-15-12-9-6-3)71-65(68)59-56-53-50-47-44-41-38-36-33-30-28-26-23-20-17-14-11-8-5-2/h12,15,17,20-21,24,26,28,33,36,62H,4-11,13-14,16,18-19,22-23,25,27,29-32,34-35,37-61H2,1-3H3/b15-12-,20-17-,24-21-,28-26-,36-33-. The summed E-state index contributed by atoms with van der Waals surface area (Å²) < 4.78 is 16.9. The predicted octanol–water partition coefficient (Wildman–Crippen LogP) is 20.8. The summed E-state index contributed by atoms with van der Waals surface area (Å²) in [7, 11) is 0. The van der Waals surface area contributed by atoms with E-state index in [2.05, 4.69) is 81.5 Å². The van der Waals surface area contributed by atoms with Crippen molar-refractivity contribution in [1.29, 1.82) is 0 Å². The first-order chi connectivity index (χ1) is 35.0. The van der Waals surface area contributed by atoms with Gasteiger partial charge >= 0.3 is 17.9 Å². The summed E-state index contributed by atoms with van der Waals surface area (Å²) >= 11 is 0. The maximum Gasteiger partial charge on any atom is 0.306 e. The van der Waals surface area contributed by atoms with E-state index < -0.39 is 6.10 Å².